The zero-order valence-corrected chi connectivity index (χ0v) is 11.5. The number of rotatable bonds is 5. The lowest BCUT2D eigenvalue weighted by atomic mass is 10.1. The molecular weight excluding hydrogens is 275 g/mol. The highest BCUT2D eigenvalue weighted by Crippen LogP contribution is 2.22. The molecule has 0 heterocycles. The third-order valence-electron chi connectivity index (χ3n) is 3.06. The van der Waals surface area contributed by atoms with Gasteiger partial charge in [0, 0.05) is 17.7 Å². The van der Waals surface area contributed by atoms with Crippen molar-refractivity contribution < 1.29 is 14.1 Å². The first kappa shape index (κ1) is 14.9. The van der Waals surface area contributed by atoms with Crippen LogP contribution in [-0.4, -0.2) is 4.92 Å². The van der Waals surface area contributed by atoms with Gasteiger partial charge in [0.1, 0.15) is 12.4 Å². The molecule has 110 valence electrons. The molecule has 0 amide bonds. The zero-order chi connectivity index (χ0) is 15.4. The zero-order valence-electron chi connectivity index (χ0n) is 11.5. The van der Waals surface area contributed by atoms with Crippen LogP contribution < -0.4 is 10.5 Å². The van der Waals surface area contributed by atoms with Gasteiger partial charge in [-0.25, -0.2) is 0 Å². The third-order valence-corrected chi connectivity index (χ3v) is 3.06. The SMILES string of the molecule is C[C@@H](N)c1ccc(OCc2cccc([N+](=O)[O-])c2F)cc1. The Morgan fingerprint density at radius 1 is 1.29 bits per heavy atom. The molecule has 2 aromatic carbocycles. The molecule has 2 N–H and O–H groups in total. The fraction of sp³-hybridized carbons (Fsp3) is 0.200. The van der Waals surface area contributed by atoms with Crippen molar-refractivity contribution in [2.45, 2.75) is 19.6 Å². The first-order valence-corrected chi connectivity index (χ1v) is 6.39. The molecule has 6 heteroatoms. The van der Waals surface area contributed by atoms with Crippen LogP contribution in [0.4, 0.5) is 10.1 Å². The Morgan fingerprint density at radius 2 is 1.95 bits per heavy atom. The van der Waals surface area contributed by atoms with Crippen molar-refractivity contribution in [2.75, 3.05) is 0 Å². The molecule has 0 spiro atoms. The van der Waals surface area contributed by atoms with Crippen molar-refractivity contribution in [1.29, 1.82) is 0 Å². The van der Waals surface area contributed by atoms with E-state index in [-0.39, 0.29) is 18.2 Å². The number of nitro groups is 1. The highest BCUT2D eigenvalue weighted by atomic mass is 19.1. The maximum absolute atomic E-state index is 13.9. The first-order valence-electron chi connectivity index (χ1n) is 6.39. The number of nitrogens with two attached hydrogens (primary N) is 1. The maximum atomic E-state index is 13.9. The number of nitrogens with zero attached hydrogens (tertiary/aromatic N) is 1. The normalized spacial score (nSPS) is 12.0. The van der Waals surface area contributed by atoms with Gasteiger partial charge in [0.2, 0.25) is 5.82 Å². The molecular formula is C15H15FN2O3. The molecule has 0 aliphatic carbocycles. The van der Waals surface area contributed by atoms with Gasteiger partial charge >= 0.3 is 5.69 Å². The Labute approximate surface area is 121 Å². The van der Waals surface area contributed by atoms with E-state index in [1.807, 2.05) is 19.1 Å². The summed E-state index contributed by atoms with van der Waals surface area (Å²) in [5.74, 6) is -0.319. The largest absolute Gasteiger partial charge is 0.489 e. The molecule has 0 aliphatic rings. The van der Waals surface area contributed by atoms with E-state index in [1.165, 1.54) is 12.1 Å². The van der Waals surface area contributed by atoms with Crippen LogP contribution in [0.15, 0.2) is 42.5 Å². The lowest BCUT2D eigenvalue weighted by Crippen LogP contribution is -2.05. The Balaban J connectivity index is 2.09. The number of nitro benzene ring substituents is 1. The van der Waals surface area contributed by atoms with E-state index in [4.69, 9.17) is 10.5 Å². The molecule has 0 saturated heterocycles. The Kier molecular flexibility index (Phi) is 4.49. The number of ether oxygens (including phenoxy) is 1. The molecule has 0 radical (unpaired) electrons. The first-order chi connectivity index (χ1) is 9.99. The van der Waals surface area contributed by atoms with Gasteiger partial charge in [-0.1, -0.05) is 24.3 Å². The quantitative estimate of drug-likeness (QED) is 0.676. The van der Waals surface area contributed by atoms with Gasteiger partial charge in [-0.05, 0) is 24.6 Å². The molecule has 0 saturated carbocycles. The molecule has 1 atom stereocenters. The van der Waals surface area contributed by atoms with E-state index in [0.29, 0.717) is 5.75 Å². The summed E-state index contributed by atoms with van der Waals surface area (Å²) in [5.41, 5.74) is 6.29. The van der Waals surface area contributed by atoms with Gasteiger partial charge in [-0.15, -0.1) is 0 Å². The fourth-order valence-corrected chi connectivity index (χ4v) is 1.85. The standard InChI is InChI=1S/C15H15FN2O3/c1-10(17)11-5-7-13(8-6-11)21-9-12-3-2-4-14(15(12)16)18(19)20/h2-8,10H,9,17H2,1H3/t10-/m1/s1. The van der Waals surface area contributed by atoms with E-state index in [2.05, 4.69) is 0 Å². The van der Waals surface area contributed by atoms with Crippen LogP contribution in [0, 0.1) is 15.9 Å². The monoisotopic (exact) mass is 290 g/mol. The number of halogens is 1. The summed E-state index contributed by atoms with van der Waals surface area (Å²) >= 11 is 0. The van der Waals surface area contributed by atoms with Crippen molar-refractivity contribution in [3.05, 3.63) is 69.5 Å². The van der Waals surface area contributed by atoms with Gasteiger partial charge in [0.05, 0.1) is 4.92 Å². The summed E-state index contributed by atoms with van der Waals surface area (Å²) in [6.45, 7) is 1.79. The van der Waals surface area contributed by atoms with E-state index >= 15 is 0 Å². The highest BCUT2D eigenvalue weighted by molar-refractivity contribution is 5.37. The summed E-state index contributed by atoms with van der Waals surface area (Å²) in [6.07, 6.45) is 0. The molecule has 5 nitrogen and oxygen atoms in total. The highest BCUT2D eigenvalue weighted by Gasteiger charge is 2.17. The number of benzene rings is 2. The molecule has 0 unspecified atom stereocenters. The van der Waals surface area contributed by atoms with Gasteiger partial charge in [0.15, 0.2) is 0 Å². The molecule has 21 heavy (non-hydrogen) atoms. The summed E-state index contributed by atoms with van der Waals surface area (Å²) < 4.78 is 19.3. The van der Waals surface area contributed by atoms with E-state index in [0.717, 1.165) is 11.6 Å². The second kappa shape index (κ2) is 6.32. The van der Waals surface area contributed by atoms with Crippen molar-refractivity contribution in [2.24, 2.45) is 5.73 Å². The van der Waals surface area contributed by atoms with Crippen LogP contribution in [-0.2, 0) is 6.61 Å². The predicted octanol–water partition coefficient (Wildman–Crippen LogP) is 3.33. The average molecular weight is 290 g/mol. The average Bonchev–Trinajstić information content (AvgIpc) is 2.46. The van der Waals surface area contributed by atoms with Crippen LogP contribution >= 0.6 is 0 Å². The lowest BCUT2D eigenvalue weighted by molar-refractivity contribution is -0.387. The van der Waals surface area contributed by atoms with Crippen molar-refractivity contribution in [3.8, 4) is 5.75 Å². The van der Waals surface area contributed by atoms with E-state index in [9.17, 15) is 14.5 Å². The molecule has 0 aromatic heterocycles. The molecule has 0 fully saturated rings. The third kappa shape index (κ3) is 3.55. The van der Waals surface area contributed by atoms with Crippen LogP contribution in [0.25, 0.3) is 0 Å². The number of hydrogen-bond donors (Lipinski definition) is 1. The summed E-state index contributed by atoms with van der Waals surface area (Å²) in [4.78, 5) is 9.91. The van der Waals surface area contributed by atoms with E-state index in [1.54, 1.807) is 12.1 Å². The second-order valence-electron chi connectivity index (χ2n) is 4.65. The predicted molar refractivity (Wildman–Crippen MR) is 76.4 cm³/mol. The van der Waals surface area contributed by atoms with Gasteiger partial charge in [-0.3, -0.25) is 10.1 Å². The van der Waals surface area contributed by atoms with Crippen LogP contribution in [0.2, 0.25) is 0 Å². The minimum Gasteiger partial charge on any atom is -0.489 e. The molecule has 2 aromatic rings. The topological polar surface area (TPSA) is 78.4 Å². The number of hydrogen-bond acceptors (Lipinski definition) is 4. The molecule has 2 rings (SSSR count). The van der Waals surface area contributed by atoms with E-state index < -0.39 is 16.4 Å². The smallest absolute Gasteiger partial charge is 0.305 e. The molecule has 0 aliphatic heterocycles. The fourth-order valence-electron chi connectivity index (χ4n) is 1.85. The Morgan fingerprint density at radius 3 is 2.52 bits per heavy atom. The summed E-state index contributed by atoms with van der Waals surface area (Å²) in [7, 11) is 0. The Bertz CT molecular complexity index is 642. The maximum Gasteiger partial charge on any atom is 0.305 e. The minimum absolute atomic E-state index is 0.0757. The van der Waals surface area contributed by atoms with Crippen molar-refractivity contribution >= 4 is 5.69 Å². The van der Waals surface area contributed by atoms with Crippen LogP contribution in [0.1, 0.15) is 24.1 Å². The lowest BCUT2D eigenvalue weighted by Gasteiger charge is -2.09. The van der Waals surface area contributed by atoms with Crippen molar-refractivity contribution in [1.82, 2.24) is 0 Å². The van der Waals surface area contributed by atoms with Crippen molar-refractivity contribution in [3.63, 3.8) is 0 Å². The van der Waals surface area contributed by atoms with Crippen LogP contribution in [0.5, 0.6) is 5.75 Å². The summed E-state index contributed by atoms with van der Waals surface area (Å²) in [6, 6.07) is 11.0. The molecule has 0 bridgehead atoms. The van der Waals surface area contributed by atoms with Gasteiger partial charge in [-0.2, -0.15) is 4.39 Å². The van der Waals surface area contributed by atoms with Gasteiger partial charge < -0.3 is 10.5 Å². The Hall–Kier alpha value is -2.47. The minimum atomic E-state index is -0.866. The summed E-state index contributed by atoms with van der Waals surface area (Å²) in [5, 5.41) is 10.7. The van der Waals surface area contributed by atoms with Gasteiger partial charge in [0.25, 0.3) is 0 Å². The second-order valence-corrected chi connectivity index (χ2v) is 4.65. The van der Waals surface area contributed by atoms with Crippen LogP contribution in [0.3, 0.4) is 0 Å².